The lowest BCUT2D eigenvalue weighted by Crippen LogP contribution is -2.60. The summed E-state index contributed by atoms with van der Waals surface area (Å²) in [5, 5.41) is 17.9. The van der Waals surface area contributed by atoms with Gasteiger partial charge < -0.3 is 25.2 Å². The van der Waals surface area contributed by atoms with Gasteiger partial charge >= 0.3 is 6.09 Å². The largest absolute Gasteiger partial charge is 0.443 e. The van der Waals surface area contributed by atoms with Gasteiger partial charge in [0.05, 0.1) is 18.2 Å². The number of nitrogens with zero attached hydrogens (tertiary/aromatic N) is 1. The van der Waals surface area contributed by atoms with Gasteiger partial charge in [-0.2, -0.15) is 0 Å². The summed E-state index contributed by atoms with van der Waals surface area (Å²) >= 11 is 0. The van der Waals surface area contributed by atoms with E-state index < -0.39 is 18.2 Å². The number of carbonyl (C=O) groups is 2. The van der Waals surface area contributed by atoms with E-state index in [1.54, 1.807) is 0 Å². The van der Waals surface area contributed by atoms with Gasteiger partial charge in [-0.25, -0.2) is 4.79 Å². The predicted molar refractivity (Wildman–Crippen MR) is 158 cm³/mol. The van der Waals surface area contributed by atoms with Crippen molar-refractivity contribution >= 4 is 12.0 Å². The number of alkyl carbamates (subject to hydrolysis) is 1. The third-order valence-electron chi connectivity index (χ3n) is 9.83. The van der Waals surface area contributed by atoms with Crippen LogP contribution in [0.1, 0.15) is 90.5 Å². The molecule has 4 aliphatic rings. The Bertz CT molecular complexity index is 1020. The summed E-state index contributed by atoms with van der Waals surface area (Å²) in [7, 11) is 0. The standard InChI is InChI=1S/C33H51N3O5/c1-32(2,3)35-30(38)27-20-24-13-7-8-14-25(24)21-36(27)22-28(37)26(19-23-11-5-4-6-12-23)34-31(39)41-29-15-9-16-33(29)17-10-18-40-33/h4-6,11-12,24-29,37H,7-10,13-22H2,1-3H3,(H,34,39)(H,35,38)/t24-,25+,26-,27-,28+,29?,33?/m0/s1. The van der Waals surface area contributed by atoms with Crippen molar-refractivity contribution in [3.8, 4) is 0 Å². The summed E-state index contributed by atoms with van der Waals surface area (Å²) in [5.41, 5.74) is 0.358. The maximum absolute atomic E-state index is 13.5. The van der Waals surface area contributed by atoms with Crippen LogP contribution in [0, 0.1) is 11.8 Å². The molecule has 0 aromatic heterocycles. The number of likely N-dealkylation sites (tertiary alicyclic amines) is 1. The summed E-state index contributed by atoms with van der Waals surface area (Å²) in [6.45, 7) is 7.86. The van der Waals surface area contributed by atoms with Crippen molar-refractivity contribution in [3.63, 3.8) is 0 Å². The fourth-order valence-electron chi connectivity index (χ4n) is 7.81. The number of hydrogen-bond acceptors (Lipinski definition) is 6. The average Bonchev–Trinajstić information content (AvgIpc) is 3.57. The van der Waals surface area contributed by atoms with E-state index in [0.29, 0.717) is 24.8 Å². The first-order valence-electron chi connectivity index (χ1n) is 16.0. The Kier molecular flexibility index (Phi) is 9.61. The Hall–Kier alpha value is -2.16. The fourth-order valence-corrected chi connectivity index (χ4v) is 7.81. The maximum Gasteiger partial charge on any atom is 0.407 e. The highest BCUT2D eigenvalue weighted by Gasteiger charge is 2.49. The molecule has 2 amide bonds. The van der Waals surface area contributed by atoms with Gasteiger partial charge in [0.25, 0.3) is 0 Å². The van der Waals surface area contributed by atoms with Crippen molar-refractivity contribution in [1.29, 1.82) is 0 Å². The zero-order valence-electron chi connectivity index (χ0n) is 25.3. The summed E-state index contributed by atoms with van der Waals surface area (Å²) in [6.07, 6.45) is 9.13. The normalized spacial score (nSPS) is 31.8. The Labute approximate surface area is 245 Å². The minimum absolute atomic E-state index is 0.0313. The van der Waals surface area contributed by atoms with E-state index in [0.717, 1.165) is 57.2 Å². The van der Waals surface area contributed by atoms with Crippen molar-refractivity contribution in [2.24, 2.45) is 11.8 Å². The minimum Gasteiger partial charge on any atom is -0.443 e. The first-order chi connectivity index (χ1) is 19.6. The van der Waals surface area contributed by atoms with Crippen LogP contribution in [0.3, 0.4) is 0 Å². The molecule has 2 saturated heterocycles. The Balaban J connectivity index is 1.30. The van der Waals surface area contributed by atoms with Crippen molar-refractivity contribution in [1.82, 2.24) is 15.5 Å². The van der Waals surface area contributed by atoms with Gasteiger partial charge in [0.1, 0.15) is 11.7 Å². The van der Waals surface area contributed by atoms with E-state index >= 15 is 0 Å². The number of β-amino-alcohol motifs (C(OH)–C–C–N with tert-alkyl or cyclic N) is 1. The molecule has 228 valence electrons. The minimum atomic E-state index is -0.867. The van der Waals surface area contributed by atoms with E-state index in [4.69, 9.17) is 9.47 Å². The molecule has 2 aliphatic carbocycles. The van der Waals surface area contributed by atoms with Crippen LogP contribution in [-0.2, 0) is 20.7 Å². The zero-order valence-corrected chi connectivity index (χ0v) is 25.3. The number of ether oxygens (including phenoxy) is 2. The van der Waals surface area contributed by atoms with Gasteiger partial charge in [0.2, 0.25) is 5.91 Å². The highest BCUT2D eigenvalue weighted by atomic mass is 16.6. The van der Waals surface area contributed by atoms with E-state index in [2.05, 4.69) is 15.5 Å². The first-order valence-corrected chi connectivity index (χ1v) is 16.0. The molecule has 2 unspecified atom stereocenters. The number of hydrogen-bond donors (Lipinski definition) is 3. The Morgan fingerprint density at radius 2 is 1.80 bits per heavy atom. The second-order valence-electron chi connectivity index (χ2n) is 14.1. The molecule has 8 heteroatoms. The third-order valence-corrected chi connectivity index (χ3v) is 9.83. The number of aliphatic hydroxyl groups is 1. The highest BCUT2D eigenvalue weighted by molar-refractivity contribution is 5.82. The van der Waals surface area contributed by atoms with Crippen LogP contribution in [0.2, 0.25) is 0 Å². The lowest BCUT2D eigenvalue weighted by atomic mass is 9.72. The molecule has 8 nitrogen and oxygen atoms in total. The number of carbonyl (C=O) groups excluding carboxylic acids is 2. The molecule has 0 bridgehead atoms. The molecule has 1 aromatic rings. The summed E-state index contributed by atoms with van der Waals surface area (Å²) < 4.78 is 12.1. The van der Waals surface area contributed by atoms with Gasteiger partial charge in [-0.15, -0.1) is 0 Å². The summed E-state index contributed by atoms with van der Waals surface area (Å²) in [4.78, 5) is 29.0. The van der Waals surface area contributed by atoms with Gasteiger partial charge in [-0.3, -0.25) is 9.69 Å². The van der Waals surface area contributed by atoms with E-state index in [1.165, 1.54) is 25.7 Å². The van der Waals surface area contributed by atoms with E-state index in [-0.39, 0.29) is 29.2 Å². The number of piperidine rings is 1. The van der Waals surface area contributed by atoms with Crippen LogP contribution in [0.15, 0.2) is 30.3 Å². The molecule has 2 saturated carbocycles. The monoisotopic (exact) mass is 569 g/mol. The van der Waals surface area contributed by atoms with Crippen LogP contribution in [0.5, 0.6) is 0 Å². The fraction of sp³-hybridized carbons (Fsp3) is 0.758. The number of fused-ring (bicyclic) bond motifs is 1. The van der Waals surface area contributed by atoms with Gasteiger partial charge in [0.15, 0.2) is 0 Å². The average molecular weight is 570 g/mol. The van der Waals surface area contributed by atoms with Crippen molar-refractivity contribution in [2.75, 3.05) is 19.7 Å². The molecule has 41 heavy (non-hydrogen) atoms. The van der Waals surface area contributed by atoms with Gasteiger partial charge in [0, 0.05) is 25.2 Å². The van der Waals surface area contributed by atoms with Gasteiger partial charge in [-0.1, -0.05) is 49.6 Å². The SMILES string of the molecule is CC(C)(C)NC(=O)[C@@H]1C[C@@H]2CCCC[C@@H]2CN1C[C@@H](O)[C@H](Cc1ccccc1)NC(=O)OC1CCCC12CCCO2. The molecule has 5 rings (SSSR count). The topological polar surface area (TPSA) is 100 Å². The Morgan fingerprint density at radius 1 is 1.07 bits per heavy atom. The number of amides is 2. The first kappa shape index (κ1) is 30.3. The third kappa shape index (κ3) is 7.63. The van der Waals surface area contributed by atoms with Gasteiger partial charge in [-0.05, 0) is 89.5 Å². The lowest BCUT2D eigenvalue weighted by molar-refractivity contribution is -0.132. The number of benzene rings is 1. The number of rotatable bonds is 8. The van der Waals surface area contributed by atoms with Crippen molar-refractivity contribution in [2.45, 2.75) is 127 Å². The summed E-state index contributed by atoms with van der Waals surface area (Å²) in [6, 6.07) is 9.09. The van der Waals surface area contributed by atoms with E-state index in [1.807, 2.05) is 51.1 Å². The molecule has 3 N–H and O–H groups in total. The van der Waals surface area contributed by atoms with E-state index in [9.17, 15) is 14.7 Å². The Morgan fingerprint density at radius 3 is 2.51 bits per heavy atom. The lowest BCUT2D eigenvalue weighted by Gasteiger charge is -2.47. The highest BCUT2D eigenvalue weighted by Crippen LogP contribution is 2.43. The van der Waals surface area contributed by atoms with Crippen LogP contribution in [0.25, 0.3) is 0 Å². The second-order valence-corrected chi connectivity index (χ2v) is 14.1. The predicted octanol–water partition coefficient (Wildman–Crippen LogP) is 4.58. The number of aliphatic hydroxyl groups excluding tert-OH is 1. The molecule has 2 heterocycles. The molecule has 0 radical (unpaired) electrons. The van der Waals surface area contributed by atoms with Crippen molar-refractivity contribution in [3.05, 3.63) is 35.9 Å². The smallest absolute Gasteiger partial charge is 0.407 e. The van der Waals surface area contributed by atoms with Crippen molar-refractivity contribution < 1.29 is 24.2 Å². The second kappa shape index (κ2) is 13.0. The van der Waals surface area contributed by atoms with Crippen LogP contribution >= 0.6 is 0 Å². The zero-order chi connectivity index (χ0) is 29.0. The molecule has 1 aromatic carbocycles. The quantitative estimate of drug-likeness (QED) is 0.424. The molecular formula is C33H51N3O5. The molecule has 2 aliphatic heterocycles. The van der Waals surface area contributed by atoms with Crippen LogP contribution in [0.4, 0.5) is 4.79 Å². The summed E-state index contributed by atoms with van der Waals surface area (Å²) in [5.74, 6) is 1.13. The maximum atomic E-state index is 13.5. The molecular weight excluding hydrogens is 518 g/mol. The van der Waals surface area contributed by atoms with Crippen LogP contribution < -0.4 is 10.6 Å². The van der Waals surface area contributed by atoms with Crippen LogP contribution in [-0.4, -0.2) is 77.1 Å². The molecule has 4 fully saturated rings. The molecule has 1 spiro atoms. The molecule has 7 atom stereocenters. The number of nitrogens with one attached hydrogen (secondary N) is 2.